The van der Waals surface area contributed by atoms with Crippen LogP contribution in [0.5, 0.6) is 0 Å². The molecule has 5 rings (SSSR count). The lowest BCUT2D eigenvalue weighted by molar-refractivity contribution is -0.144. The summed E-state index contributed by atoms with van der Waals surface area (Å²) in [5.74, 6) is -0.182. The monoisotopic (exact) mass is 461 g/mol. The second-order valence-corrected chi connectivity index (χ2v) is 10.2. The molecule has 0 spiro atoms. The van der Waals surface area contributed by atoms with E-state index in [2.05, 4.69) is 12.1 Å². The van der Waals surface area contributed by atoms with E-state index < -0.39 is 12.0 Å². The highest BCUT2D eigenvalue weighted by Crippen LogP contribution is 2.31. The zero-order chi connectivity index (χ0) is 23.5. The van der Waals surface area contributed by atoms with E-state index in [-0.39, 0.29) is 11.8 Å². The number of carboxylic acids is 1. The number of nitrogens with zero attached hydrogens (tertiary/aromatic N) is 3. The lowest BCUT2D eigenvalue weighted by Gasteiger charge is -2.34. The SMILES string of the molecule is O=C(O)[C@H](c1ccccc1)N1CC[C@H](C(=O)N2CCC(Cc3ccc4c(n3)CCCC4)CC2)C1. The molecule has 0 unspecified atom stereocenters. The van der Waals surface area contributed by atoms with E-state index in [1.54, 1.807) is 0 Å². The zero-order valence-electron chi connectivity index (χ0n) is 19.9. The predicted molar refractivity (Wildman–Crippen MR) is 130 cm³/mol. The topological polar surface area (TPSA) is 73.7 Å². The molecule has 1 aromatic carbocycles. The quantitative estimate of drug-likeness (QED) is 0.707. The van der Waals surface area contributed by atoms with Crippen LogP contribution >= 0.6 is 0 Å². The molecule has 1 aliphatic carbocycles. The number of amides is 1. The molecule has 2 saturated heterocycles. The largest absolute Gasteiger partial charge is 0.480 e. The predicted octanol–water partition coefficient (Wildman–Crippen LogP) is 3.89. The molecule has 0 radical (unpaired) electrons. The third kappa shape index (κ3) is 5.02. The van der Waals surface area contributed by atoms with Crippen molar-refractivity contribution in [2.24, 2.45) is 11.8 Å². The molecular formula is C28H35N3O3. The number of aryl methyl sites for hydroxylation is 2. The maximum absolute atomic E-state index is 13.2. The Balaban J connectivity index is 1.14. The van der Waals surface area contributed by atoms with E-state index in [0.29, 0.717) is 19.0 Å². The van der Waals surface area contributed by atoms with Gasteiger partial charge in [0.2, 0.25) is 5.91 Å². The van der Waals surface area contributed by atoms with Gasteiger partial charge in [-0.25, -0.2) is 0 Å². The molecule has 1 amide bonds. The summed E-state index contributed by atoms with van der Waals surface area (Å²) in [6.45, 7) is 2.75. The Labute approximate surface area is 202 Å². The van der Waals surface area contributed by atoms with Gasteiger partial charge in [0, 0.05) is 37.6 Å². The zero-order valence-corrected chi connectivity index (χ0v) is 19.9. The Bertz CT molecular complexity index is 1020. The third-order valence-corrected chi connectivity index (χ3v) is 7.94. The molecule has 3 heterocycles. The molecular weight excluding hydrogens is 426 g/mol. The summed E-state index contributed by atoms with van der Waals surface area (Å²) in [5, 5.41) is 9.83. The molecule has 180 valence electrons. The van der Waals surface area contributed by atoms with Crippen LogP contribution in [0, 0.1) is 11.8 Å². The fourth-order valence-corrected chi connectivity index (χ4v) is 6.02. The summed E-state index contributed by atoms with van der Waals surface area (Å²) >= 11 is 0. The summed E-state index contributed by atoms with van der Waals surface area (Å²) in [6, 6.07) is 13.1. The fraction of sp³-hybridized carbons (Fsp3) is 0.536. The van der Waals surface area contributed by atoms with E-state index in [1.807, 2.05) is 40.1 Å². The van der Waals surface area contributed by atoms with Crippen molar-refractivity contribution < 1.29 is 14.7 Å². The van der Waals surface area contributed by atoms with Gasteiger partial charge in [-0.3, -0.25) is 19.5 Å². The number of hydrogen-bond donors (Lipinski definition) is 1. The lowest BCUT2D eigenvalue weighted by Crippen LogP contribution is -2.43. The van der Waals surface area contributed by atoms with Crippen LogP contribution in [0.4, 0.5) is 0 Å². The van der Waals surface area contributed by atoms with Crippen molar-refractivity contribution in [1.29, 1.82) is 0 Å². The molecule has 0 saturated carbocycles. The van der Waals surface area contributed by atoms with Gasteiger partial charge in [-0.2, -0.15) is 0 Å². The van der Waals surface area contributed by atoms with Gasteiger partial charge in [0.1, 0.15) is 6.04 Å². The first kappa shape index (κ1) is 23.0. The van der Waals surface area contributed by atoms with E-state index in [1.165, 1.54) is 36.2 Å². The molecule has 34 heavy (non-hydrogen) atoms. The van der Waals surface area contributed by atoms with E-state index >= 15 is 0 Å². The van der Waals surface area contributed by atoms with Crippen molar-refractivity contribution in [3.05, 3.63) is 65.0 Å². The number of fused-ring (bicyclic) bond motifs is 1. The molecule has 2 fully saturated rings. The van der Waals surface area contributed by atoms with Crippen molar-refractivity contribution in [3.8, 4) is 0 Å². The minimum absolute atomic E-state index is 0.107. The van der Waals surface area contributed by atoms with Gasteiger partial charge < -0.3 is 10.0 Å². The maximum Gasteiger partial charge on any atom is 0.325 e. The van der Waals surface area contributed by atoms with Crippen molar-refractivity contribution in [2.75, 3.05) is 26.2 Å². The van der Waals surface area contributed by atoms with Crippen LogP contribution in [0.15, 0.2) is 42.5 Å². The minimum atomic E-state index is -0.851. The molecule has 6 heteroatoms. The standard InChI is InChI=1S/C28H35N3O3/c32-27(23-14-17-31(19-23)26(28(33)34)22-7-2-1-3-8-22)30-15-12-20(13-16-30)18-24-11-10-21-6-4-5-9-25(21)29-24/h1-3,7-8,10-11,20,23,26H,4-6,9,12-19H2,(H,33,34)/t23-,26-/m0/s1. The van der Waals surface area contributed by atoms with Crippen LogP contribution in [-0.4, -0.2) is 57.9 Å². The average Bonchev–Trinajstić information content (AvgIpc) is 3.34. The Hall–Kier alpha value is -2.73. The number of carbonyl (C=O) groups is 2. The Morgan fingerprint density at radius 3 is 2.50 bits per heavy atom. The number of pyridine rings is 1. The summed E-state index contributed by atoms with van der Waals surface area (Å²) in [5.41, 5.74) is 4.72. The van der Waals surface area contributed by atoms with Gasteiger partial charge in [-0.05, 0) is 74.5 Å². The number of piperidine rings is 1. The van der Waals surface area contributed by atoms with Crippen LogP contribution in [0.25, 0.3) is 0 Å². The number of carbonyl (C=O) groups excluding carboxylic acids is 1. The fourth-order valence-electron chi connectivity index (χ4n) is 6.02. The Morgan fingerprint density at radius 1 is 0.971 bits per heavy atom. The first-order valence-corrected chi connectivity index (χ1v) is 12.9. The molecule has 0 bridgehead atoms. The highest BCUT2D eigenvalue weighted by atomic mass is 16.4. The molecule has 6 nitrogen and oxygen atoms in total. The van der Waals surface area contributed by atoms with E-state index in [9.17, 15) is 14.7 Å². The smallest absolute Gasteiger partial charge is 0.325 e. The van der Waals surface area contributed by atoms with E-state index in [4.69, 9.17) is 4.98 Å². The van der Waals surface area contributed by atoms with Crippen molar-refractivity contribution in [2.45, 2.75) is 57.4 Å². The second kappa shape index (κ2) is 10.3. The summed E-state index contributed by atoms with van der Waals surface area (Å²) in [7, 11) is 0. The van der Waals surface area contributed by atoms with Gasteiger partial charge in [0.25, 0.3) is 0 Å². The molecule has 1 N–H and O–H groups in total. The number of carboxylic acid groups (broad SMARTS) is 1. The van der Waals surface area contributed by atoms with Crippen molar-refractivity contribution >= 4 is 11.9 Å². The molecule has 2 aromatic rings. The first-order valence-electron chi connectivity index (χ1n) is 12.9. The van der Waals surface area contributed by atoms with Gasteiger partial charge in [-0.15, -0.1) is 0 Å². The number of benzene rings is 1. The van der Waals surface area contributed by atoms with Gasteiger partial charge in [-0.1, -0.05) is 36.4 Å². The highest BCUT2D eigenvalue weighted by molar-refractivity contribution is 5.80. The second-order valence-electron chi connectivity index (χ2n) is 10.2. The summed E-state index contributed by atoms with van der Waals surface area (Å²) in [4.78, 5) is 34.2. The average molecular weight is 462 g/mol. The van der Waals surface area contributed by atoms with Crippen molar-refractivity contribution in [3.63, 3.8) is 0 Å². The van der Waals surface area contributed by atoms with Gasteiger partial charge >= 0.3 is 5.97 Å². The normalized spacial score (nSPS) is 22.4. The minimum Gasteiger partial charge on any atom is -0.480 e. The molecule has 2 aliphatic heterocycles. The Morgan fingerprint density at radius 2 is 1.74 bits per heavy atom. The summed E-state index contributed by atoms with van der Waals surface area (Å²) < 4.78 is 0. The number of aromatic nitrogens is 1. The van der Waals surface area contributed by atoms with Gasteiger partial charge in [0.05, 0.1) is 5.92 Å². The lowest BCUT2D eigenvalue weighted by atomic mass is 9.90. The molecule has 3 aliphatic rings. The number of aliphatic carboxylic acids is 1. The molecule has 2 atom stereocenters. The van der Waals surface area contributed by atoms with E-state index in [0.717, 1.165) is 50.8 Å². The van der Waals surface area contributed by atoms with Crippen LogP contribution in [0.2, 0.25) is 0 Å². The van der Waals surface area contributed by atoms with Crippen LogP contribution in [-0.2, 0) is 28.9 Å². The van der Waals surface area contributed by atoms with Crippen LogP contribution < -0.4 is 0 Å². The van der Waals surface area contributed by atoms with Crippen LogP contribution in [0.3, 0.4) is 0 Å². The van der Waals surface area contributed by atoms with Gasteiger partial charge in [0.15, 0.2) is 0 Å². The maximum atomic E-state index is 13.2. The Kier molecular flexibility index (Phi) is 6.95. The number of hydrogen-bond acceptors (Lipinski definition) is 4. The highest BCUT2D eigenvalue weighted by Gasteiger charge is 2.38. The number of likely N-dealkylation sites (tertiary alicyclic amines) is 2. The summed E-state index contributed by atoms with van der Waals surface area (Å²) in [6.07, 6.45) is 8.58. The van der Waals surface area contributed by atoms with Crippen LogP contribution in [0.1, 0.15) is 60.7 Å². The first-order chi connectivity index (χ1) is 16.6. The van der Waals surface area contributed by atoms with Crippen molar-refractivity contribution in [1.82, 2.24) is 14.8 Å². The third-order valence-electron chi connectivity index (χ3n) is 7.94. The number of rotatable bonds is 6. The molecule has 1 aromatic heterocycles.